The van der Waals surface area contributed by atoms with E-state index in [9.17, 15) is 0 Å². The molecule has 2 aromatic rings. The number of nitriles is 1. The van der Waals surface area contributed by atoms with Gasteiger partial charge in [-0.05, 0) is 17.7 Å². The number of nitrogens with one attached hydrogen (secondary N) is 1. The monoisotopic (exact) mass is 234 g/mol. The first-order chi connectivity index (χ1) is 8.90. The molecule has 18 heavy (non-hydrogen) atoms. The molecule has 2 aromatic carbocycles. The van der Waals surface area contributed by atoms with Crippen molar-refractivity contribution in [1.29, 1.82) is 5.26 Å². The summed E-state index contributed by atoms with van der Waals surface area (Å²) < 4.78 is 0. The van der Waals surface area contributed by atoms with E-state index in [0.29, 0.717) is 12.1 Å². The highest BCUT2D eigenvalue weighted by Crippen LogP contribution is 2.13. The van der Waals surface area contributed by atoms with Crippen LogP contribution >= 0.6 is 0 Å². The molecule has 0 bridgehead atoms. The van der Waals surface area contributed by atoms with Gasteiger partial charge in [0.15, 0.2) is 0 Å². The van der Waals surface area contributed by atoms with E-state index in [1.807, 2.05) is 48.5 Å². The number of benzene rings is 2. The van der Waals surface area contributed by atoms with E-state index in [1.54, 1.807) is 0 Å². The summed E-state index contributed by atoms with van der Waals surface area (Å²) in [4.78, 5) is 0. The molecule has 0 fully saturated rings. The molecule has 2 rings (SSSR count). The van der Waals surface area contributed by atoms with Gasteiger partial charge in [0.05, 0.1) is 11.3 Å². The number of hydrogen-bond donors (Lipinski definition) is 1. The molecule has 0 saturated heterocycles. The fourth-order valence-electron chi connectivity index (χ4n) is 1.66. The quantitative estimate of drug-likeness (QED) is 0.875. The largest absolute Gasteiger partial charge is 0.380 e. The lowest BCUT2D eigenvalue weighted by atomic mass is 10.2. The minimum atomic E-state index is 0.672. The van der Waals surface area contributed by atoms with E-state index in [1.165, 1.54) is 5.56 Å². The summed E-state index contributed by atoms with van der Waals surface area (Å²) in [5.41, 5.74) is 2.72. The van der Waals surface area contributed by atoms with Crippen LogP contribution in [0.25, 0.3) is 6.08 Å². The highest BCUT2D eigenvalue weighted by molar-refractivity contribution is 5.58. The predicted octanol–water partition coefficient (Wildman–Crippen LogP) is 3.68. The zero-order chi connectivity index (χ0) is 12.6. The van der Waals surface area contributed by atoms with Crippen LogP contribution in [-0.4, -0.2) is 6.54 Å². The van der Waals surface area contributed by atoms with Crippen LogP contribution in [0.5, 0.6) is 0 Å². The van der Waals surface area contributed by atoms with E-state index in [2.05, 4.69) is 29.6 Å². The Kier molecular flexibility index (Phi) is 4.16. The molecule has 1 N–H and O–H groups in total. The molecule has 0 aromatic heterocycles. The van der Waals surface area contributed by atoms with Gasteiger partial charge in [-0.1, -0.05) is 54.6 Å². The van der Waals surface area contributed by atoms with E-state index >= 15 is 0 Å². The summed E-state index contributed by atoms with van der Waals surface area (Å²) in [5.74, 6) is 0. The van der Waals surface area contributed by atoms with Gasteiger partial charge in [-0.3, -0.25) is 0 Å². The Morgan fingerprint density at radius 1 is 1.00 bits per heavy atom. The standard InChI is InChI=1S/C16H14N2/c17-13-15-10-4-5-11-16(15)18-12-6-9-14-7-2-1-3-8-14/h1-11,18H,12H2. The summed E-state index contributed by atoms with van der Waals surface area (Å²) in [6.45, 7) is 0.702. The Labute approximate surface area is 107 Å². The number of anilines is 1. The molecular formula is C16H14N2. The normalized spacial score (nSPS) is 10.2. The second-order valence-corrected chi connectivity index (χ2v) is 3.85. The van der Waals surface area contributed by atoms with Crippen LogP contribution in [-0.2, 0) is 0 Å². The van der Waals surface area contributed by atoms with Gasteiger partial charge >= 0.3 is 0 Å². The topological polar surface area (TPSA) is 35.8 Å². The maximum atomic E-state index is 8.94. The fraction of sp³-hybridized carbons (Fsp3) is 0.0625. The molecule has 0 aliphatic rings. The second-order valence-electron chi connectivity index (χ2n) is 3.85. The van der Waals surface area contributed by atoms with Crippen LogP contribution in [0.15, 0.2) is 60.7 Å². The highest BCUT2D eigenvalue weighted by atomic mass is 14.9. The van der Waals surface area contributed by atoms with Gasteiger partial charge in [0, 0.05) is 6.54 Å². The van der Waals surface area contributed by atoms with E-state index in [0.717, 1.165) is 5.69 Å². The maximum Gasteiger partial charge on any atom is 0.101 e. The van der Waals surface area contributed by atoms with E-state index in [-0.39, 0.29) is 0 Å². The molecule has 0 atom stereocenters. The van der Waals surface area contributed by atoms with Crippen molar-refractivity contribution in [1.82, 2.24) is 0 Å². The molecule has 0 aliphatic carbocycles. The van der Waals surface area contributed by atoms with Crippen LogP contribution in [0.3, 0.4) is 0 Å². The first kappa shape index (κ1) is 11.9. The fourth-order valence-corrected chi connectivity index (χ4v) is 1.66. The Morgan fingerprint density at radius 2 is 1.72 bits per heavy atom. The van der Waals surface area contributed by atoms with Crippen molar-refractivity contribution in [2.75, 3.05) is 11.9 Å². The molecular weight excluding hydrogens is 220 g/mol. The molecule has 0 aliphatic heterocycles. The van der Waals surface area contributed by atoms with Crippen LogP contribution in [0.1, 0.15) is 11.1 Å². The summed E-state index contributed by atoms with van der Waals surface area (Å²) >= 11 is 0. The van der Waals surface area contributed by atoms with Crippen LogP contribution in [0, 0.1) is 11.3 Å². The summed E-state index contributed by atoms with van der Waals surface area (Å²) in [7, 11) is 0. The zero-order valence-corrected chi connectivity index (χ0v) is 10.0. The summed E-state index contributed by atoms with van der Waals surface area (Å²) in [6.07, 6.45) is 4.10. The minimum absolute atomic E-state index is 0.672. The molecule has 0 radical (unpaired) electrons. The minimum Gasteiger partial charge on any atom is -0.380 e. The molecule has 0 heterocycles. The Bertz CT molecular complexity index is 565. The van der Waals surface area contributed by atoms with Gasteiger partial charge in [-0.25, -0.2) is 0 Å². The summed E-state index contributed by atoms with van der Waals surface area (Å²) in [5, 5.41) is 12.2. The maximum absolute atomic E-state index is 8.94. The average molecular weight is 234 g/mol. The lowest BCUT2D eigenvalue weighted by molar-refractivity contribution is 1.33. The van der Waals surface area contributed by atoms with E-state index in [4.69, 9.17) is 5.26 Å². The van der Waals surface area contributed by atoms with Crippen molar-refractivity contribution in [3.8, 4) is 6.07 Å². The third-order valence-electron chi connectivity index (χ3n) is 2.57. The molecule has 2 nitrogen and oxygen atoms in total. The van der Waals surface area contributed by atoms with Gasteiger partial charge in [-0.15, -0.1) is 0 Å². The zero-order valence-electron chi connectivity index (χ0n) is 10.0. The molecule has 0 amide bonds. The smallest absolute Gasteiger partial charge is 0.101 e. The Hall–Kier alpha value is -2.53. The van der Waals surface area contributed by atoms with Gasteiger partial charge in [-0.2, -0.15) is 5.26 Å². The van der Waals surface area contributed by atoms with Crippen molar-refractivity contribution in [2.45, 2.75) is 0 Å². The SMILES string of the molecule is N#Cc1ccccc1NCC=Cc1ccccc1. The van der Waals surface area contributed by atoms with Crippen molar-refractivity contribution >= 4 is 11.8 Å². The molecule has 0 unspecified atom stereocenters. The average Bonchev–Trinajstić information content (AvgIpc) is 2.45. The second kappa shape index (κ2) is 6.27. The van der Waals surface area contributed by atoms with Crippen molar-refractivity contribution < 1.29 is 0 Å². The lowest BCUT2D eigenvalue weighted by Crippen LogP contribution is -1.99. The third kappa shape index (κ3) is 3.23. The van der Waals surface area contributed by atoms with Gasteiger partial charge < -0.3 is 5.32 Å². The third-order valence-corrected chi connectivity index (χ3v) is 2.57. The van der Waals surface area contributed by atoms with Gasteiger partial charge in [0.1, 0.15) is 6.07 Å². The van der Waals surface area contributed by atoms with Gasteiger partial charge in [0.25, 0.3) is 0 Å². The van der Waals surface area contributed by atoms with Crippen LogP contribution in [0.2, 0.25) is 0 Å². The number of nitrogens with zero attached hydrogens (tertiary/aromatic N) is 1. The van der Waals surface area contributed by atoms with E-state index < -0.39 is 0 Å². The lowest BCUT2D eigenvalue weighted by Gasteiger charge is -2.04. The highest BCUT2D eigenvalue weighted by Gasteiger charge is 1.97. The predicted molar refractivity (Wildman–Crippen MR) is 75.1 cm³/mol. The molecule has 88 valence electrons. The molecule has 0 saturated carbocycles. The molecule has 2 heteroatoms. The van der Waals surface area contributed by atoms with Gasteiger partial charge in [0.2, 0.25) is 0 Å². The number of rotatable bonds is 4. The van der Waals surface area contributed by atoms with Crippen molar-refractivity contribution in [3.63, 3.8) is 0 Å². The molecule has 0 spiro atoms. The van der Waals surface area contributed by atoms with Crippen LogP contribution < -0.4 is 5.32 Å². The van der Waals surface area contributed by atoms with Crippen molar-refractivity contribution in [2.24, 2.45) is 0 Å². The number of para-hydroxylation sites is 1. The first-order valence-corrected chi connectivity index (χ1v) is 5.85. The number of hydrogen-bond acceptors (Lipinski definition) is 2. The first-order valence-electron chi connectivity index (χ1n) is 5.85. The van der Waals surface area contributed by atoms with Crippen LogP contribution in [0.4, 0.5) is 5.69 Å². The Morgan fingerprint density at radius 3 is 2.50 bits per heavy atom. The van der Waals surface area contributed by atoms with Crippen molar-refractivity contribution in [3.05, 3.63) is 71.8 Å². The summed E-state index contributed by atoms with van der Waals surface area (Å²) in [6, 6.07) is 19.8. The Balaban J connectivity index is 1.93.